The lowest BCUT2D eigenvalue weighted by Crippen LogP contribution is -2.01. The van der Waals surface area contributed by atoms with E-state index in [0.29, 0.717) is 10.0 Å². The van der Waals surface area contributed by atoms with Gasteiger partial charge in [-0.25, -0.2) is 9.59 Å². The summed E-state index contributed by atoms with van der Waals surface area (Å²) in [5.41, 5.74) is 1.58. The van der Waals surface area contributed by atoms with Crippen molar-refractivity contribution in [1.29, 1.82) is 0 Å². The van der Waals surface area contributed by atoms with E-state index in [2.05, 4.69) is 0 Å². The first-order valence-electron chi connectivity index (χ1n) is 7.70. The monoisotopic (exact) mass is 390 g/mol. The summed E-state index contributed by atoms with van der Waals surface area (Å²) in [5, 5.41) is 1.15. The minimum absolute atomic E-state index is 0.120. The van der Waals surface area contributed by atoms with Gasteiger partial charge >= 0.3 is 11.9 Å². The molecule has 0 saturated carbocycles. The zero-order valence-electron chi connectivity index (χ0n) is 13.7. The molecule has 0 spiro atoms. The number of esters is 2. The van der Waals surface area contributed by atoms with Crippen molar-refractivity contribution >= 4 is 35.1 Å². The normalized spacial score (nSPS) is 11.0. The third kappa shape index (κ3) is 7.55. The third-order valence-electron chi connectivity index (χ3n) is 3.12. The first kappa shape index (κ1) is 19.8. The Hall–Kier alpha value is -2.56. The molecular weight excluding hydrogens is 375 g/mol. The minimum Gasteiger partial charge on any atom is -0.458 e. The zero-order valence-corrected chi connectivity index (χ0v) is 15.2. The third-order valence-corrected chi connectivity index (χ3v) is 3.59. The number of allylic oxidation sites excluding steroid dienone is 2. The first-order valence-corrected chi connectivity index (χ1v) is 8.45. The molecule has 2 aromatic carbocycles. The van der Waals surface area contributed by atoms with Crippen LogP contribution in [0.15, 0.2) is 72.8 Å². The van der Waals surface area contributed by atoms with E-state index in [1.807, 2.05) is 0 Å². The fourth-order valence-electron chi connectivity index (χ4n) is 1.93. The molecule has 0 aliphatic carbocycles. The fraction of sp³-hybridized carbons (Fsp3) is 0.100. The topological polar surface area (TPSA) is 52.6 Å². The average Bonchev–Trinajstić information content (AvgIpc) is 2.62. The van der Waals surface area contributed by atoms with Crippen molar-refractivity contribution in [2.24, 2.45) is 0 Å². The van der Waals surface area contributed by atoms with Crippen LogP contribution in [0.2, 0.25) is 10.0 Å². The molecule has 2 rings (SSSR count). The van der Waals surface area contributed by atoms with Crippen LogP contribution >= 0.6 is 23.2 Å². The Morgan fingerprint density at radius 2 is 1.19 bits per heavy atom. The zero-order chi connectivity index (χ0) is 18.8. The maximum atomic E-state index is 11.6. The Balaban J connectivity index is 1.70. The molecule has 134 valence electrons. The van der Waals surface area contributed by atoms with Crippen LogP contribution in [0.3, 0.4) is 0 Å². The standard InChI is InChI=1S/C20H16Cl2O4/c21-17-7-3-5-15(11-17)13-25-19(23)9-1-2-10-20(24)26-14-16-6-4-8-18(22)12-16/h1-12H,13-14H2/b9-1-,10-2-. The summed E-state index contributed by atoms with van der Waals surface area (Å²) in [6, 6.07) is 14.1. The van der Waals surface area contributed by atoms with Gasteiger partial charge in [-0.05, 0) is 35.4 Å². The van der Waals surface area contributed by atoms with Crippen molar-refractivity contribution in [3.8, 4) is 0 Å². The van der Waals surface area contributed by atoms with Crippen LogP contribution in [0.4, 0.5) is 0 Å². The number of rotatable bonds is 7. The van der Waals surface area contributed by atoms with E-state index in [1.54, 1.807) is 48.5 Å². The maximum Gasteiger partial charge on any atom is 0.331 e. The van der Waals surface area contributed by atoms with Gasteiger partial charge in [0, 0.05) is 22.2 Å². The molecule has 0 heterocycles. The Bertz CT molecular complexity index is 759. The number of ether oxygens (including phenoxy) is 2. The van der Waals surface area contributed by atoms with E-state index >= 15 is 0 Å². The van der Waals surface area contributed by atoms with Gasteiger partial charge in [0.15, 0.2) is 0 Å². The van der Waals surface area contributed by atoms with Crippen molar-refractivity contribution in [1.82, 2.24) is 0 Å². The number of hydrogen-bond acceptors (Lipinski definition) is 4. The van der Waals surface area contributed by atoms with Crippen LogP contribution in [-0.4, -0.2) is 11.9 Å². The molecule has 6 heteroatoms. The molecule has 0 aromatic heterocycles. The largest absolute Gasteiger partial charge is 0.458 e. The smallest absolute Gasteiger partial charge is 0.331 e. The molecule has 0 N–H and O–H groups in total. The molecule has 0 unspecified atom stereocenters. The number of halogens is 2. The van der Waals surface area contributed by atoms with Gasteiger partial charge < -0.3 is 9.47 Å². The van der Waals surface area contributed by atoms with Gasteiger partial charge in [0.1, 0.15) is 13.2 Å². The second-order valence-electron chi connectivity index (χ2n) is 5.19. The average molecular weight is 391 g/mol. The Kier molecular flexibility index (Phi) is 7.93. The Labute approximate surface area is 161 Å². The molecule has 0 bridgehead atoms. The van der Waals surface area contributed by atoms with Crippen molar-refractivity contribution in [3.63, 3.8) is 0 Å². The molecule has 0 aliphatic rings. The van der Waals surface area contributed by atoms with Crippen molar-refractivity contribution in [2.75, 3.05) is 0 Å². The van der Waals surface area contributed by atoms with Crippen LogP contribution in [0, 0.1) is 0 Å². The SMILES string of the molecule is O=C(/C=C\C=C/C(=O)OCc1cccc(Cl)c1)OCc1cccc(Cl)c1. The fourth-order valence-corrected chi connectivity index (χ4v) is 2.35. The summed E-state index contributed by atoms with van der Waals surface area (Å²) in [6.07, 6.45) is 5.23. The van der Waals surface area contributed by atoms with Crippen LogP contribution in [0.25, 0.3) is 0 Å². The molecule has 0 aliphatic heterocycles. The predicted molar refractivity (Wildman–Crippen MR) is 101 cm³/mol. The quantitative estimate of drug-likeness (QED) is 0.383. The second kappa shape index (κ2) is 10.4. The Morgan fingerprint density at radius 3 is 1.58 bits per heavy atom. The highest BCUT2D eigenvalue weighted by Gasteiger charge is 2.00. The molecule has 2 aromatic rings. The Morgan fingerprint density at radius 1 is 0.769 bits per heavy atom. The van der Waals surface area contributed by atoms with Crippen LogP contribution in [0.1, 0.15) is 11.1 Å². The second-order valence-corrected chi connectivity index (χ2v) is 6.07. The van der Waals surface area contributed by atoms with Crippen molar-refractivity contribution in [3.05, 3.63) is 94.0 Å². The summed E-state index contributed by atoms with van der Waals surface area (Å²) in [7, 11) is 0. The molecular formula is C20H16Cl2O4. The number of carbonyl (C=O) groups excluding carboxylic acids is 2. The molecule has 0 radical (unpaired) electrons. The van der Waals surface area contributed by atoms with Crippen molar-refractivity contribution in [2.45, 2.75) is 13.2 Å². The summed E-state index contributed by atoms with van der Waals surface area (Å²) in [6.45, 7) is 0.240. The van der Waals surface area contributed by atoms with Crippen molar-refractivity contribution < 1.29 is 19.1 Å². The van der Waals surface area contributed by atoms with Gasteiger partial charge in [0.2, 0.25) is 0 Å². The number of hydrogen-bond donors (Lipinski definition) is 0. The molecule has 0 fully saturated rings. The highest BCUT2D eigenvalue weighted by Crippen LogP contribution is 2.12. The molecule has 26 heavy (non-hydrogen) atoms. The molecule has 0 atom stereocenters. The van der Waals surface area contributed by atoms with Crippen LogP contribution in [0.5, 0.6) is 0 Å². The molecule has 0 amide bonds. The lowest BCUT2D eigenvalue weighted by Gasteiger charge is -2.02. The maximum absolute atomic E-state index is 11.6. The van der Waals surface area contributed by atoms with E-state index in [4.69, 9.17) is 32.7 Å². The van der Waals surface area contributed by atoms with E-state index in [0.717, 1.165) is 11.1 Å². The van der Waals surface area contributed by atoms with Gasteiger partial charge in [0.05, 0.1) is 0 Å². The van der Waals surface area contributed by atoms with Gasteiger partial charge in [-0.2, -0.15) is 0 Å². The van der Waals surface area contributed by atoms with Crippen LogP contribution in [-0.2, 0) is 32.3 Å². The number of carbonyl (C=O) groups is 2. The first-order chi connectivity index (χ1) is 12.5. The lowest BCUT2D eigenvalue weighted by atomic mass is 10.2. The summed E-state index contributed by atoms with van der Waals surface area (Å²) in [5.74, 6) is -1.05. The molecule has 4 nitrogen and oxygen atoms in total. The van der Waals surface area contributed by atoms with E-state index in [9.17, 15) is 9.59 Å². The number of benzene rings is 2. The van der Waals surface area contributed by atoms with E-state index in [-0.39, 0.29) is 13.2 Å². The van der Waals surface area contributed by atoms with Crippen LogP contribution < -0.4 is 0 Å². The van der Waals surface area contributed by atoms with Gasteiger partial charge in [-0.15, -0.1) is 0 Å². The summed E-state index contributed by atoms with van der Waals surface area (Å²) in [4.78, 5) is 23.2. The van der Waals surface area contributed by atoms with Gasteiger partial charge in [0.25, 0.3) is 0 Å². The minimum atomic E-state index is -0.526. The van der Waals surface area contributed by atoms with E-state index in [1.165, 1.54) is 24.3 Å². The van der Waals surface area contributed by atoms with Gasteiger partial charge in [-0.3, -0.25) is 0 Å². The van der Waals surface area contributed by atoms with Gasteiger partial charge in [-0.1, -0.05) is 59.6 Å². The highest BCUT2D eigenvalue weighted by molar-refractivity contribution is 6.30. The van der Waals surface area contributed by atoms with E-state index < -0.39 is 11.9 Å². The summed E-state index contributed by atoms with van der Waals surface area (Å²) >= 11 is 11.7. The lowest BCUT2D eigenvalue weighted by molar-refractivity contribution is -0.140. The predicted octanol–water partition coefficient (Wildman–Crippen LogP) is 4.89. The summed E-state index contributed by atoms with van der Waals surface area (Å²) < 4.78 is 10.1. The molecule has 0 saturated heterocycles. The highest BCUT2D eigenvalue weighted by atomic mass is 35.5.